The zero-order chi connectivity index (χ0) is 10.0. The summed E-state index contributed by atoms with van der Waals surface area (Å²) in [7, 11) is 3.52. The van der Waals surface area contributed by atoms with Gasteiger partial charge in [0.15, 0.2) is 0 Å². The van der Waals surface area contributed by atoms with E-state index in [1.54, 1.807) is 19.0 Å². The summed E-state index contributed by atoms with van der Waals surface area (Å²) in [5.41, 5.74) is 0. The first-order valence-electron chi connectivity index (χ1n) is 4.29. The summed E-state index contributed by atoms with van der Waals surface area (Å²) < 4.78 is 0. The minimum absolute atomic E-state index is 0.104. The molecule has 72 valence electrons. The Balaban J connectivity index is 2.80. The molecule has 1 aliphatic carbocycles. The lowest BCUT2D eigenvalue weighted by Gasteiger charge is -2.23. The maximum Gasteiger partial charge on any atom is 0.229 e. The third-order valence-electron chi connectivity index (χ3n) is 2.19. The van der Waals surface area contributed by atoms with E-state index in [1.807, 2.05) is 25.2 Å². The van der Waals surface area contributed by atoms with Gasteiger partial charge in [-0.05, 0) is 12.0 Å². The van der Waals surface area contributed by atoms with Gasteiger partial charge in [0.2, 0.25) is 5.91 Å². The van der Waals surface area contributed by atoms with Gasteiger partial charge < -0.3 is 4.90 Å². The number of amides is 1. The topological polar surface area (TPSA) is 20.3 Å². The Kier molecular flexibility index (Phi) is 3.15. The number of halogens is 1. The summed E-state index contributed by atoms with van der Waals surface area (Å²) in [5, 5.41) is 0.651. The van der Waals surface area contributed by atoms with Crippen LogP contribution in [0, 0.1) is 11.8 Å². The first kappa shape index (κ1) is 10.3. The standard InChI is InChI=1S/C10H14ClNO/c1-7-4-5-8(11)6-9(7)10(13)12(2)3/h4-7,9H,1-3H3. The van der Waals surface area contributed by atoms with Gasteiger partial charge in [0, 0.05) is 19.1 Å². The van der Waals surface area contributed by atoms with Gasteiger partial charge in [0.1, 0.15) is 0 Å². The molecule has 0 aromatic rings. The Hall–Kier alpha value is -0.760. The summed E-state index contributed by atoms with van der Waals surface area (Å²) in [6, 6.07) is 0. The molecule has 0 bridgehead atoms. The van der Waals surface area contributed by atoms with Crippen LogP contribution in [0.25, 0.3) is 0 Å². The van der Waals surface area contributed by atoms with Crippen molar-refractivity contribution in [3.63, 3.8) is 0 Å². The van der Waals surface area contributed by atoms with Gasteiger partial charge >= 0.3 is 0 Å². The zero-order valence-corrected chi connectivity index (χ0v) is 8.88. The van der Waals surface area contributed by atoms with E-state index >= 15 is 0 Å². The van der Waals surface area contributed by atoms with Crippen LogP contribution >= 0.6 is 11.6 Å². The second-order valence-electron chi connectivity index (χ2n) is 3.53. The maximum atomic E-state index is 11.6. The van der Waals surface area contributed by atoms with E-state index in [4.69, 9.17) is 11.6 Å². The second kappa shape index (κ2) is 3.97. The summed E-state index contributed by atoms with van der Waals surface area (Å²) in [5.74, 6) is 0.236. The van der Waals surface area contributed by atoms with E-state index in [1.165, 1.54) is 0 Å². The highest BCUT2D eigenvalue weighted by Crippen LogP contribution is 2.25. The van der Waals surface area contributed by atoms with Gasteiger partial charge in [0.25, 0.3) is 0 Å². The van der Waals surface area contributed by atoms with Crippen molar-refractivity contribution >= 4 is 17.5 Å². The molecule has 1 aliphatic rings. The fourth-order valence-electron chi connectivity index (χ4n) is 1.34. The third-order valence-corrected chi connectivity index (χ3v) is 2.44. The van der Waals surface area contributed by atoms with Gasteiger partial charge in [-0.3, -0.25) is 4.79 Å². The van der Waals surface area contributed by atoms with Crippen molar-refractivity contribution in [1.29, 1.82) is 0 Å². The molecule has 0 aromatic carbocycles. The van der Waals surface area contributed by atoms with Crippen LogP contribution in [0.4, 0.5) is 0 Å². The SMILES string of the molecule is CC1C=CC(Cl)=CC1C(=O)N(C)C. The summed E-state index contributed by atoms with van der Waals surface area (Å²) in [4.78, 5) is 13.2. The van der Waals surface area contributed by atoms with Crippen LogP contribution in [0.5, 0.6) is 0 Å². The molecule has 0 saturated carbocycles. The molecule has 0 N–H and O–H groups in total. The average Bonchev–Trinajstić information content (AvgIpc) is 2.08. The van der Waals surface area contributed by atoms with Gasteiger partial charge in [-0.15, -0.1) is 0 Å². The molecule has 0 aliphatic heterocycles. The van der Waals surface area contributed by atoms with E-state index in [2.05, 4.69) is 0 Å². The fourth-order valence-corrected chi connectivity index (χ4v) is 1.55. The number of nitrogens with zero attached hydrogens (tertiary/aromatic N) is 1. The predicted octanol–water partition coefficient (Wildman–Crippen LogP) is 2.02. The molecule has 13 heavy (non-hydrogen) atoms. The first-order valence-corrected chi connectivity index (χ1v) is 4.67. The van der Waals surface area contributed by atoms with E-state index in [9.17, 15) is 4.79 Å². The van der Waals surface area contributed by atoms with E-state index in [-0.39, 0.29) is 17.7 Å². The highest BCUT2D eigenvalue weighted by atomic mass is 35.5. The molecule has 3 heteroatoms. The van der Waals surface area contributed by atoms with Crippen molar-refractivity contribution in [2.75, 3.05) is 14.1 Å². The molecule has 0 saturated heterocycles. The summed E-state index contributed by atoms with van der Waals surface area (Å²) >= 11 is 5.83. The number of rotatable bonds is 1. The highest BCUT2D eigenvalue weighted by Gasteiger charge is 2.24. The third kappa shape index (κ3) is 2.34. The zero-order valence-electron chi connectivity index (χ0n) is 8.12. The molecule has 1 rings (SSSR count). The summed E-state index contributed by atoms with van der Waals surface area (Å²) in [6.07, 6.45) is 5.62. The van der Waals surface area contributed by atoms with Crippen molar-refractivity contribution in [3.05, 3.63) is 23.3 Å². The van der Waals surface area contributed by atoms with Crippen LogP contribution in [0.15, 0.2) is 23.3 Å². The lowest BCUT2D eigenvalue weighted by Crippen LogP contribution is -2.32. The van der Waals surface area contributed by atoms with Crippen LogP contribution in [-0.2, 0) is 4.79 Å². The number of carbonyl (C=O) groups is 1. The van der Waals surface area contributed by atoms with Crippen LogP contribution < -0.4 is 0 Å². The molecule has 0 spiro atoms. The fraction of sp³-hybridized carbons (Fsp3) is 0.500. The second-order valence-corrected chi connectivity index (χ2v) is 3.96. The normalized spacial score (nSPS) is 26.9. The maximum absolute atomic E-state index is 11.6. The van der Waals surface area contributed by atoms with Gasteiger partial charge in [-0.25, -0.2) is 0 Å². The Morgan fingerprint density at radius 2 is 2.15 bits per heavy atom. The molecule has 0 aromatic heterocycles. The van der Waals surface area contributed by atoms with Gasteiger partial charge in [-0.2, -0.15) is 0 Å². The predicted molar refractivity (Wildman–Crippen MR) is 54.4 cm³/mol. The quantitative estimate of drug-likeness (QED) is 0.633. The Morgan fingerprint density at radius 1 is 1.54 bits per heavy atom. The highest BCUT2D eigenvalue weighted by molar-refractivity contribution is 6.31. The molecular formula is C10H14ClNO. The number of hydrogen-bond acceptors (Lipinski definition) is 1. The van der Waals surface area contributed by atoms with Gasteiger partial charge in [-0.1, -0.05) is 30.7 Å². The Bertz CT molecular complexity index is 268. The monoisotopic (exact) mass is 199 g/mol. The molecule has 0 heterocycles. The Labute approximate surface area is 83.9 Å². The number of carbonyl (C=O) groups excluding carboxylic acids is 1. The minimum Gasteiger partial charge on any atom is -0.348 e. The smallest absolute Gasteiger partial charge is 0.229 e. The van der Waals surface area contributed by atoms with Crippen LogP contribution in [0.3, 0.4) is 0 Å². The summed E-state index contributed by atoms with van der Waals surface area (Å²) in [6.45, 7) is 2.02. The molecule has 2 atom stereocenters. The molecule has 0 fully saturated rings. The minimum atomic E-state index is -0.104. The number of allylic oxidation sites excluding steroid dienone is 3. The van der Waals surface area contributed by atoms with Crippen LogP contribution in [0.2, 0.25) is 0 Å². The largest absolute Gasteiger partial charge is 0.348 e. The molecule has 0 radical (unpaired) electrons. The average molecular weight is 200 g/mol. The van der Waals surface area contributed by atoms with E-state index in [0.717, 1.165) is 0 Å². The van der Waals surface area contributed by atoms with Crippen molar-refractivity contribution in [2.24, 2.45) is 11.8 Å². The number of hydrogen-bond donors (Lipinski definition) is 0. The lowest BCUT2D eigenvalue weighted by molar-refractivity contribution is -0.132. The molecule has 2 unspecified atom stereocenters. The molecular weight excluding hydrogens is 186 g/mol. The van der Waals surface area contributed by atoms with Gasteiger partial charge in [0.05, 0.1) is 5.92 Å². The lowest BCUT2D eigenvalue weighted by atomic mass is 9.89. The Morgan fingerprint density at radius 3 is 2.69 bits per heavy atom. The molecule has 2 nitrogen and oxygen atoms in total. The van der Waals surface area contributed by atoms with Crippen molar-refractivity contribution < 1.29 is 4.79 Å². The van der Waals surface area contributed by atoms with Crippen molar-refractivity contribution in [1.82, 2.24) is 4.90 Å². The molecule has 1 amide bonds. The van der Waals surface area contributed by atoms with Crippen molar-refractivity contribution in [2.45, 2.75) is 6.92 Å². The first-order chi connectivity index (χ1) is 6.02. The van der Waals surface area contributed by atoms with Crippen LogP contribution in [0.1, 0.15) is 6.92 Å². The van der Waals surface area contributed by atoms with E-state index in [0.29, 0.717) is 5.03 Å². The van der Waals surface area contributed by atoms with E-state index < -0.39 is 0 Å². The van der Waals surface area contributed by atoms with Crippen molar-refractivity contribution in [3.8, 4) is 0 Å². The van der Waals surface area contributed by atoms with Crippen LogP contribution in [-0.4, -0.2) is 24.9 Å².